The van der Waals surface area contributed by atoms with Crippen LogP contribution in [0.25, 0.3) is 10.9 Å². The minimum Gasteiger partial charge on any atom is -0.486 e. The van der Waals surface area contributed by atoms with Crippen LogP contribution in [0.1, 0.15) is 24.4 Å². The molecule has 1 aromatic heterocycles. The lowest BCUT2D eigenvalue weighted by molar-refractivity contribution is 0.169. The molecule has 3 aromatic rings. The van der Waals surface area contributed by atoms with Gasteiger partial charge in [0.1, 0.15) is 25.4 Å². The molecule has 1 fully saturated rings. The number of ether oxygens (including phenoxy) is 2. The first-order valence-corrected chi connectivity index (χ1v) is 9.66. The highest BCUT2D eigenvalue weighted by Crippen LogP contribution is 2.45. The van der Waals surface area contributed by atoms with E-state index < -0.39 is 0 Å². The number of nitrogens with zero attached hydrogens (tertiary/aromatic N) is 3. The number of halogens is 1. The van der Waals surface area contributed by atoms with Crippen LogP contribution in [0.2, 0.25) is 0 Å². The van der Waals surface area contributed by atoms with Crippen molar-refractivity contribution in [3.63, 3.8) is 0 Å². The van der Waals surface area contributed by atoms with Gasteiger partial charge in [0.05, 0.1) is 11.6 Å². The van der Waals surface area contributed by atoms with E-state index in [1.54, 1.807) is 6.33 Å². The fraction of sp³-hybridized carbons (Fsp3) is 0.300. The summed E-state index contributed by atoms with van der Waals surface area (Å²) >= 11 is 3.57. The summed E-state index contributed by atoms with van der Waals surface area (Å²) in [6, 6.07) is 12.5. The van der Waals surface area contributed by atoms with E-state index in [1.807, 2.05) is 24.3 Å². The summed E-state index contributed by atoms with van der Waals surface area (Å²) in [6.07, 6.45) is 3.84. The first-order valence-electron chi connectivity index (χ1n) is 8.87. The van der Waals surface area contributed by atoms with Crippen molar-refractivity contribution in [3.05, 3.63) is 52.8 Å². The zero-order valence-electron chi connectivity index (χ0n) is 14.2. The Kier molecular flexibility index (Phi) is 3.93. The first kappa shape index (κ1) is 15.9. The Labute approximate surface area is 160 Å². The summed E-state index contributed by atoms with van der Waals surface area (Å²) in [4.78, 5) is 11.4. The fourth-order valence-electron chi connectivity index (χ4n) is 3.95. The molecule has 2 aliphatic rings. The topological polar surface area (TPSA) is 47.5 Å². The van der Waals surface area contributed by atoms with Crippen LogP contribution in [0.5, 0.6) is 11.5 Å². The molecule has 0 aliphatic carbocycles. The SMILES string of the molecule is Brc1ccc2ncnc(N3CCCC3c3cccc4c3OCCO4)c2c1. The van der Waals surface area contributed by atoms with Gasteiger partial charge in [0.2, 0.25) is 0 Å². The minimum absolute atomic E-state index is 0.226. The molecule has 6 heteroatoms. The van der Waals surface area contributed by atoms with Crippen molar-refractivity contribution in [1.82, 2.24) is 9.97 Å². The van der Waals surface area contributed by atoms with E-state index in [-0.39, 0.29) is 6.04 Å². The summed E-state index contributed by atoms with van der Waals surface area (Å²) in [5.41, 5.74) is 2.14. The van der Waals surface area contributed by atoms with Crippen LogP contribution in [-0.2, 0) is 0 Å². The maximum absolute atomic E-state index is 5.97. The summed E-state index contributed by atoms with van der Waals surface area (Å²) in [5.74, 6) is 2.71. The summed E-state index contributed by atoms with van der Waals surface area (Å²) in [5, 5.41) is 1.07. The Bertz CT molecular complexity index is 978. The molecular formula is C20H18BrN3O2. The predicted molar refractivity (Wildman–Crippen MR) is 104 cm³/mol. The highest BCUT2D eigenvalue weighted by Gasteiger charge is 2.32. The Balaban J connectivity index is 1.62. The molecule has 0 amide bonds. The van der Waals surface area contributed by atoms with Crippen molar-refractivity contribution in [3.8, 4) is 11.5 Å². The van der Waals surface area contributed by atoms with E-state index in [0.717, 1.165) is 52.1 Å². The van der Waals surface area contributed by atoms with Crippen LogP contribution in [0.15, 0.2) is 47.2 Å². The smallest absolute Gasteiger partial charge is 0.166 e. The van der Waals surface area contributed by atoms with Gasteiger partial charge in [-0.1, -0.05) is 28.1 Å². The van der Waals surface area contributed by atoms with Gasteiger partial charge in [0.15, 0.2) is 11.5 Å². The standard InChI is InChI=1S/C20H18BrN3O2/c21-13-6-7-16-15(11-13)20(23-12-22-16)24-8-2-4-17(24)14-3-1-5-18-19(14)26-10-9-25-18/h1,3,5-7,11-12,17H,2,4,8-10H2. The Hall–Kier alpha value is -2.34. The fourth-order valence-corrected chi connectivity index (χ4v) is 4.31. The number of hydrogen-bond donors (Lipinski definition) is 0. The van der Waals surface area contributed by atoms with Crippen LogP contribution in [-0.4, -0.2) is 29.7 Å². The van der Waals surface area contributed by atoms with E-state index in [9.17, 15) is 0 Å². The second kappa shape index (κ2) is 6.43. The van der Waals surface area contributed by atoms with Crippen LogP contribution < -0.4 is 14.4 Å². The van der Waals surface area contributed by atoms with E-state index in [2.05, 4.69) is 42.9 Å². The quantitative estimate of drug-likeness (QED) is 0.620. The lowest BCUT2D eigenvalue weighted by atomic mass is 10.0. The number of fused-ring (bicyclic) bond motifs is 2. The van der Waals surface area contributed by atoms with Gasteiger partial charge in [-0.15, -0.1) is 0 Å². The molecule has 0 saturated carbocycles. The number of anilines is 1. The predicted octanol–water partition coefficient (Wildman–Crippen LogP) is 4.51. The molecule has 1 unspecified atom stereocenters. The molecule has 5 rings (SSSR count). The molecule has 0 bridgehead atoms. The third-order valence-electron chi connectivity index (χ3n) is 5.06. The molecule has 2 aliphatic heterocycles. The average molecular weight is 412 g/mol. The molecule has 132 valence electrons. The lowest BCUT2D eigenvalue weighted by Crippen LogP contribution is -2.25. The molecule has 3 heterocycles. The van der Waals surface area contributed by atoms with Crippen molar-refractivity contribution in [2.45, 2.75) is 18.9 Å². The normalized spacial score (nSPS) is 19.1. The molecular weight excluding hydrogens is 394 g/mol. The summed E-state index contributed by atoms with van der Waals surface area (Å²) < 4.78 is 12.8. The van der Waals surface area contributed by atoms with Gasteiger partial charge in [0.25, 0.3) is 0 Å². The second-order valence-electron chi connectivity index (χ2n) is 6.58. The Morgan fingerprint density at radius 2 is 2.00 bits per heavy atom. The Morgan fingerprint density at radius 1 is 1.08 bits per heavy atom. The second-order valence-corrected chi connectivity index (χ2v) is 7.50. The van der Waals surface area contributed by atoms with Gasteiger partial charge in [-0.05, 0) is 37.1 Å². The largest absolute Gasteiger partial charge is 0.486 e. The monoisotopic (exact) mass is 411 g/mol. The van der Waals surface area contributed by atoms with Crippen molar-refractivity contribution in [2.75, 3.05) is 24.7 Å². The van der Waals surface area contributed by atoms with Crippen LogP contribution in [0.4, 0.5) is 5.82 Å². The molecule has 0 radical (unpaired) electrons. The number of aromatic nitrogens is 2. The summed E-state index contributed by atoms with van der Waals surface area (Å²) in [6.45, 7) is 2.17. The first-order chi connectivity index (χ1) is 12.8. The van der Waals surface area contributed by atoms with Gasteiger partial charge < -0.3 is 14.4 Å². The minimum atomic E-state index is 0.226. The third kappa shape index (κ3) is 2.60. The summed E-state index contributed by atoms with van der Waals surface area (Å²) in [7, 11) is 0. The maximum atomic E-state index is 5.97. The number of hydrogen-bond acceptors (Lipinski definition) is 5. The van der Waals surface area contributed by atoms with Gasteiger partial charge in [0, 0.05) is 22.0 Å². The lowest BCUT2D eigenvalue weighted by Gasteiger charge is -2.30. The number of benzene rings is 2. The van der Waals surface area contributed by atoms with Gasteiger partial charge in [-0.25, -0.2) is 9.97 Å². The van der Waals surface area contributed by atoms with E-state index >= 15 is 0 Å². The van der Waals surface area contributed by atoms with E-state index in [0.29, 0.717) is 13.2 Å². The molecule has 2 aromatic carbocycles. The average Bonchev–Trinajstić information content (AvgIpc) is 3.16. The van der Waals surface area contributed by atoms with Gasteiger partial charge in [-0.3, -0.25) is 0 Å². The Morgan fingerprint density at radius 3 is 2.96 bits per heavy atom. The zero-order chi connectivity index (χ0) is 17.5. The molecule has 5 nitrogen and oxygen atoms in total. The van der Waals surface area contributed by atoms with Gasteiger partial charge >= 0.3 is 0 Å². The van der Waals surface area contributed by atoms with Crippen LogP contribution in [0.3, 0.4) is 0 Å². The highest BCUT2D eigenvalue weighted by atomic mass is 79.9. The molecule has 0 spiro atoms. The number of rotatable bonds is 2. The molecule has 1 atom stereocenters. The maximum Gasteiger partial charge on any atom is 0.166 e. The zero-order valence-corrected chi connectivity index (χ0v) is 15.8. The van der Waals surface area contributed by atoms with Crippen molar-refractivity contribution in [2.24, 2.45) is 0 Å². The van der Waals surface area contributed by atoms with Gasteiger partial charge in [-0.2, -0.15) is 0 Å². The molecule has 1 saturated heterocycles. The molecule has 26 heavy (non-hydrogen) atoms. The molecule has 0 N–H and O–H groups in total. The highest BCUT2D eigenvalue weighted by molar-refractivity contribution is 9.10. The van der Waals surface area contributed by atoms with Crippen LogP contribution >= 0.6 is 15.9 Å². The van der Waals surface area contributed by atoms with Crippen LogP contribution in [0, 0.1) is 0 Å². The van der Waals surface area contributed by atoms with Crippen molar-refractivity contribution < 1.29 is 9.47 Å². The van der Waals surface area contributed by atoms with Crippen molar-refractivity contribution in [1.29, 1.82) is 0 Å². The van der Waals surface area contributed by atoms with E-state index in [1.165, 1.54) is 5.56 Å². The third-order valence-corrected chi connectivity index (χ3v) is 5.55. The van der Waals surface area contributed by atoms with Crippen molar-refractivity contribution >= 4 is 32.7 Å². The number of para-hydroxylation sites is 1. The van der Waals surface area contributed by atoms with E-state index in [4.69, 9.17) is 9.47 Å².